The zero-order chi connectivity index (χ0) is 36.5. The predicted octanol–water partition coefficient (Wildman–Crippen LogP) is 3.49. The van der Waals surface area contributed by atoms with Gasteiger partial charge in [-0.3, -0.25) is 4.79 Å². The average molecular weight is 701 g/mol. The van der Waals surface area contributed by atoms with E-state index in [1.165, 1.54) is 5.56 Å². The van der Waals surface area contributed by atoms with Crippen LogP contribution in [0.15, 0.2) is 60.7 Å². The molecule has 2 aromatic carbocycles. The van der Waals surface area contributed by atoms with Crippen molar-refractivity contribution in [1.82, 2.24) is 0 Å². The number of carbonyl (C=O) groups is 4. The largest absolute Gasteiger partial charge is 0.479 e. The first kappa shape index (κ1) is 38.9. The summed E-state index contributed by atoms with van der Waals surface area (Å²) in [5.74, 6) is -10.2. The molecule has 2 saturated heterocycles. The van der Waals surface area contributed by atoms with Crippen LogP contribution in [0.25, 0.3) is 0 Å². The van der Waals surface area contributed by atoms with E-state index < -0.39 is 71.7 Å². The maximum absolute atomic E-state index is 13.0. The van der Waals surface area contributed by atoms with Crippen LogP contribution in [0.5, 0.6) is 0 Å². The third-order valence-corrected chi connectivity index (χ3v) is 9.88. The molecular weight excluding hydrogens is 652 g/mol. The summed E-state index contributed by atoms with van der Waals surface area (Å²) in [6.07, 6.45) is -2.43. The Morgan fingerprint density at radius 1 is 0.820 bits per heavy atom. The van der Waals surface area contributed by atoms with E-state index in [0.29, 0.717) is 19.3 Å². The molecular formula is C37H48O13. The lowest BCUT2D eigenvalue weighted by molar-refractivity contribution is -0.374. The van der Waals surface area contributed by atoms with Crippen molar-refractivity contribution in [2.45, 2.75) is 125 Å². The number of ether oxygens (including phenoxy) is 3. The highest BCUT2D eigenvalue weighted by Gasteiger charge is 2.85. The maximum atomic E-state index is 13.0. The minimum absolute atomic E-state index is 0.00307. The molecule has 13 nitrogen and oxygen atoms in total. The lowest BCUT2D eigenvalue weighted by Crippen LogP contribution is -2.78. The first-order chi connectivity index (χ1) is 23.8. The van der Waals surface area contributed by atoms with Gasteiger partial charge < -0.3 is 44.8 Å². The molecule has 13 heteroatoms. The van der Waals surface area contributed by atoms with Crippen molar-refractivity contribution in [3.8, 4) is 0 Å². The number of aliphatic hydroxyl groups is 3. The zero-order valence-electron chi connectivity index (χ0n) is 28.2. The van der Waals surface area contributed by atoms with Gasteiger partial charge in [-0.15, -0.1) is 0 Å². The number of esters is 1. The van der Waals surface area contributed by atoms with Gasteiger partial charge in [0.1, 0.15) is 6.10 Å². The summed E-state index contributed by atoms with van der Waals surface area (Å²) < 4.78 is 16.5. The number of rotatable bonds is 20. The number of carboxylic acids is 3. The molecule has 0 saturated carbocycles. The quantitative estimate of drug-likeness (QED) is 0.0862. The number of fused-ring (bicyclic) bond motifs is 2. The molecule has 2 unspecified atom stereocenters. The molecule has 274 valence electrons. The molecule has 0 radical (unpaired) electrons. The Labute approximate surface area is 290 Å². The molecule has 2 aliphatic heterocycles. The van der Waals surface area contributed by atoms with Gasteiger partial charge in [0.05, 0.1) is 6.10 Å². The summed E-state index contributed by atoms with van der Waals surface area (Å²) in [6.45, 7) is 1.83. The molecule has 2 fully saturated rings. The van der Waals surface area contributed by atoms with Crippen molar-refractivity contribution in [2.24, 2.45) is 5.92 Å². The first-order valence-corrected chi connectivity index (χ1v) is 17.2. The number of hydrogen-bond acceptors (Lipinski definition) is 10. The molecule has 0 spiro atoms. The lowest BCUT2D eigenvalue weighted by Gasteiger charge is -2.48. The fourth-order valence-corrected chi connectivity index (χ4v) is 7.06. The highest BCUT2D eigenvalue weighted by Crippen LogP contribution is 2.55. The van der Waals surface area contributed by atoms with Crippen LogP contribution in [0.2, 0.25) is 0 Å². The monoisotopic (exact) mass is 700 g/mol. The van der Waals surface area contributed by atoms with E-state index in [4.69, 9.17) is 14.2 Å². The van der Waals surface area contributed by atoms with Crippen LogP contribution < -0.4 is 0 Å². The highest BCUT2D eigenvalue weighted by atomic mass is 16.8. The highest BCUT2D eigenvalue weighted by molar-refractivity contribution is 5.98. The van der Waals surface area contributed by atoms with Crippen LogP contribution in [0, 0.1) is 5.92 Å². The third kappa shape index (κ3) is 8.18. The van der Waals surface area contributed by atoms with Crippen LogP contribution in [0.1, 0.15) is 82.3 Å². The van der Waals surface area contributed by atoms with Gasteiger partial charge in [-0.1, -0.05) is 93.3 Å². The molecule has 0 aliphatic carbocycles. The van der Waals surface area contributed by atoms with Gasteiger partial charge in [0.25, 0.3) is 0 Å². The lowest BCUT2D eigenvalue weighted by atomic mass is 9.74. The number of aryl methyl sites for hydroxylation is 1. The van der Waals surface area contributed by atoms with Gasteiger partial charge in [0.15, 0.2) is 6.10 Å². The molecule has 4 rings (SSSR count). The molecule has 50 heavy (non-hydrogen) atoms. The first-order valence-electron chi connectivity index (χ1n) is 17.2. The van der Waals surface area contributed by atoms with Gasteiger partial charge in [-0.25, -0.2) is 14.4 Å². The van der Waals surface area contributed by atoms with E-state index in [2.05, 4.69) is 12.1 Å². The van der Waals surface area contributed by atoms with Crippen LogP contribution >= 0.6 is 0 Å². The number of carboxylic acid groups (broad SMARTS) is 3. The second kappa shape index (κ2) is 16.9. The molecule has 2 aromatic rings. The summed E-state index contributed by atoms with van der Waals surface area (Å²) in [7, 11) is 0. The molecule has 6 N–H and O–H groups in total. The Morgan fingerprint density at radius 3 is 1.98 bits per heavy atom. The fourth-order valence-electron chi connectivity index (χ4n) is 7.06. The van der Waals surface area contributed by atoms with E-state index in [-0.39, 0.29) is 25.2 Å². The Morgan fingerprint density at radius 2 is 1.40 bits per heavy atom. The van der Waals surface area contributed by atoms with Crippen LogP contribution in [0.4, 0.5) is 0 Å². The third-order valence-electron chi connectivity index (χ3n) is 9.88. The maximum Gasteiger partial charge on any atom is 0.344 e. The minimum Gasteiger partial charge on any atom is -0.479 e. The summed E-state index contributed by atoms with van der Waals surface area (Å²) in [4.78, 5) is 50.7. The van der Waals surface area contributed by atoms with Gasteiger partial charge >= 0.3 is 23.9 Å². The smallest absolute Gasteiger partial charge is 0.344 e. The second-order valence-electron chi connectivity index (χ2n) is 13.5. The number of aliphatic hydroxyl groups excluding tert-OH is 2. The number of benzene rings is 2. The van der Waals surface area contributed by atoms with Crippen molar-refractivity contribution in [3.05, 3.63) is 71.8 Å². The number of aliphatic carboxylic acids is 3. The van der Waals surface area contributed by atoms with Crippen LogP contribution in [0.3, 0.4) is 0 Å². The van der Waals surface area contributed by atoms with Crippen molar-refractivity contribution in [2.75, 3.05) is 0 Å². The molecule has 2 aliphatic rings. The average Bonchev–Trinajstić information content (AvgIpc) is 3.30. The number of carbonyl (C=O) groups excluding carboxylic acids is 1. The summed E-state index contributed by atoms with van der Waals surface area (Å²) in [5, 5.41) is 64.0. The van der Waals surface area contributed by atoms with Crippen LogP contribution in [-0.2, 0) is 46.2 Å². The Kier molecular flexibility index (Phi) is 13.1. The normalized spacial score (nSPS) is 28.4. The Hall–Kier alpha value is -3.88. The molecule has 0 amide bonds. The Balaban J connectivity index is 1.42. The van der Waals surface area contributed by atoms with E-state index in [0.717, 1.165) is 37.7 Å². The fraction of sp³-hybridized carbons (Fsp3) is 0.568. The van der Waals surface area contributed by atoms with Gasteiger partial charge in [-0.2, -0.15) is 0 Å². The van der Waals surface area contributed by atoms with Crippen molar-refractivity contribution < 1.29 is 64.0 Å². The molecule has 2 bridgehead atoms. The second-order valence-corrected chi connectivity index (χ2v) is 13.5. The van der Waals surface area contributed by atoms with Crippen LogP contribution in [-0.4, -0.2) is 95.9 Å². The topological polar surface area (TPSA) is 217 Å². The minimum atomic E-state index is -3.82. The molecule has 2 heterocycles. The van der Waals surface area contributed by atoms with Gasteiger partial charge in [0.2, 0.25) is 23.1 Å². The van der Waals surface area contributed by atoms with Gasteiger partial charge in [0, 0.05) is 12.8 Å². The van der Waals surface area contributed by atoms with E-state index in [1.54, 1.807) is 0 Å². The summed E-state index contributed by atoms with van der Waals surface area (Å²) in [5.41, 5.74) is -5.01. The zero-order valence-corrected chi connectivity index (χ0v) is 28.2. The van der Waals surface area contributed by atoms with E-state index in [1.807, 2.05) is 55.5 Å². The van der Waals surface area contributed by atoms with Crippen molar-refractivity contribution in [3.63, 3.8) is 0 Å². The molecule has 0 aromatic heterocycles. The SMILES string of the molecule is CC(Cc1ccccc1)C(O)CCC[C@]12O[C@H](C(=O)O)[C@@](O)(C(=O)O)[C@](C(=O)O)(O1)[C@H](OC(=O)CCCCCCCCc1ccccc1)[C@H]2O. The van der Waals surface area contributed by atoms with E-state index in [9.17, 15) is 49.8 Å². The number of hydrogen-bond donors (Lipinski definition) is 6. The van der Waals surface area contributed by atoms with E-state index >= 15 is 0 Å². The molecule has 8 atom stereocenters. The number of unbranched alkanes of at least 4 members (excludes halogenated alkanes) is 5. The van der Waals surface area contributed by atoms with Crippen molar-refractivity contribution >= 4 is 23.9 Å². The standard InChI is InChI=1S/C37H48O13/c1-24(23-26-18-11-7-12-19-26)27(38)20-14-22-35-29(40)30(37(50-35,34(45)46)36(47,33(43)44)31(49-35)32(41)42)48-28(39)21-13-5-3-2-4-8-15-25-16-9-6-10-17-25/h6-7,9-12,16-19,24,27,29-31,38,40,47H,2-5,8,13-15,20-23H2,1H3,(H,41,42)(H,43,44)(H,45,46)/t24?,27?,29-,30-,31-,35+,36-,37+/m1/s1. The Bertz CT molecular complexity index is 1450. The van der Waals surface area contributed by atoms with Gasteiger partial charge in [-0.05, 0) is 55.6 Å². The predicted molar refractivity (Wildman–Crippen MR) is 177 cm³/mol. The van der Waals surface area contributed by atoms with Crippen molar-refractivity contribution in [1.29, 1.82) is 0 Å². The summed E-state index contributed by atoms with van der Waals surface area (Å²) in [6, 6.07) is 19.6. The summed E-state index contributed by atoms with van der Waals surface area (Å²) >= 11 is 0.